The summed E-state index contributed by atoms with van der Waals surface area (Å²) in [4.78, 5) is 14.1. The Labute approximate surface area is 132 Å². The molecular weight excluding hydrogens is 344 g/mol. The van der Waals surface area contributed by atoms with Gasteiger partial charge in [-0.25, -0.2) is 0 Å². The maximum atomic E-state index is 12.3. The van der Waals surface area contributed by atoms with Crippen LogP contribution in [-0.2, 0) is 4.79 Å². The lowest BCUT2D eigenvalue weighted by molar-refractivity contribution is -0.137. The standard InChI is InChI=1S/C14H18BrClN2O2/c1-9(14(19)18-5-4-10(7-17)8-18)20-13-3-2-11(16)6-12(13)15/h2-3,6,9-10H,4-5,7-8,17H2,1H3/t9-,10-/m0/s1. The zero-order chi connectivity index (χ0) is 14.7. The SMILES string of the molecule is C[C@H](Oc1ccc(Cl)cc1Br)C(=O)N1CC[C@@H](CN)C1. The fourth-order valence-corrected chi connectivity index (χ4v) is 3.07. The van der Waals surface area contributed by atoms with Crippen LogP contribution in [0, 0.1) is 5.92 Å². The summed E-state index contributed by atoms with van der Waals surface area (Å²) in [6.07, 6.45) is 0.448. The van der Waals surface area contributed by atoms with Crippen molar-refractivity contribution in [3.63, 3.8) is 0 Å². The molecule has 0 spiro atoms. The maximum absolute atomic E-state index is 12.3. The zero-order valence-corrected chi connectivity index (χ0v) is 13.7. The highest BCUT2D eigenvalue weighted by atomic mass is 79.9. The van der Waals surface area contributed by atoms with Crippen LogP contribution in [0.2, 0.25) is 5.02 Å². The van der Waals surface area contributed by atoms with Crippen molar-refractivity contribution in [1.29, 1.82) is 0 Å². The Kier molecular flexibility index (Phi) is 5.29. The predicted octanol–water partition coefficient (Wildman–Crippen LogP) is 2.68. The summed E-state index contributed by atoms with van der Waals surface area (Å²) in [5, 5.41) is 0.619. The van der Waals surface area contributed by atoms with Crippen LogP contribution >= 0.6 is 27.5 Å². The van der Waals surface area contributed by atoms with Crippen molar-refractivity contribution in [2.75, 3.05) is 19.6 Å². The van der Waals surface area contributed by atoms with Gasteiger partial charge in [0.2, 0.25) is 0 Å². The van der Waals surface area contributed by atoms with Gasteiger partial charge in [0.05, 0.1) is 4.47 Å². The minimum atomic E-state index is -0.524. The molecule has 1 fully saturated rings. The molecule has 1 amide bonds. The molecule has 1 heterocycles. The van der Waals surface area contributed by atoms with Crippen LogP contribution in [-0.4, -0.2) is 36.5 Å². The van der Waals surface area contributed by atoms with Gasteiger partial charge in [0, 0.05) is 18.1 Å². The highest BCUT2D eigenvalue weighted by molar-refractivity contribution is 9.10. The molecule has 4 nitrogen and oxygen atoms in total. The van der Waals surface area contributed by atoms with Gasteiger partial charge in [-0.2, -0.15) is 0 Å². The van der Waals surface area contributed by atoms with Gasteiger partial charge in [0.1, 0.15) is 5.75 Å². The first-order valence-corrected chi connectivity index (χ1v) is 7.79. The number of hydrogen-bond acceptors (Lipinski definition) is 3. The van der Waals surface area contributed by atoms with E-state index in [1.807, 2.05) is 4.90 Å². The van der Waals surface area contributed by atoms with Crippen LogP contribution in [0.5, 0.6) is 5.75 Å². The Hall–Kier alpha value is -0.780. The second-order valence-electron chi connectivity index (χ2n) is 5.01. The number of likely N-dealkylation sites (tertiary alicyclic amines) is 1. The summed E-state index contributed by atoms with van der Waals surface area (Å²) >= 11 is 9.26. The number of carbonyl (C=O) groups excluding carboxylic acids is 1. The molecule has 2 N–H and O–H groups in total. The summed E-state index contributed by atoms with van der Waals surface area (Å²) in [5.41, 5.74) is 5.64. The first-order valence-electron chi connectivity index (χ1n) is 6.62. The van der Waals surface area contributed by atoms with Crippen molar-refractivity contribution in [2.24, 2.45) is 11.7 Å². The average Bonchev–Trinajstić information content (AvgIpc) is 2.89. The predicted molar refractivity (Wildman–Crippen MR) is 83.0 cm³/mol. The van der Waals surface area contributed by atoms with Crippen molar-refractivity contribution < 1.29 is 9.53 Å². The fraction of sp³-hybridized carbons (Fsp3) is 0.500. The van der Waals surface area contributed by atoms with Gasteiger partial charge in [-0.1, -0.05) is 11.6 Å². The van der Waals surface area contributed by atoms with Crippen molar-refractivity contribution in [1.82, 2.24) is 4.90 Å². The lowest BCUT2D eigenvalue weighted by Gasteiger charge is -2.22. The Morgan fingerprint density at radius 2 is 2.40 bits per heavy atom. The molecule has 1 aromatic carbocycles. The maximum Gasteiger partial charge on any atom is 0.263 e. The van der Waals surface area contributed by atoms with Crippen LogP contribution in [0.1, 0.15) is 13.3 Å². The molecule has 2 rings (SSSR count). The summed E-state index contributed by atoms with van der Waals surface area (Å²) in [5.74, 6) is 1.03. The van der Waals surface area contributed by atoms with Crippen molar-refractivity contribution in [3.05, 3.63) is 27.7 Å². The molecule has 2 atom stereocenters. The average molecular weight is 362 g/mol. The molecule has 0 bridgehead atoms. The molecule has 20 heavy (non-hydrogen) atoms. The van der Waals surface area contributed by atoms with E-state index in [1.54, 1.807) is 25.1 Å². The quantitative estimate of drug-likeness (QED) is 0.897. The lowest BCUT2D eigenvalue weighted by Crippen LogP contribution is -2.39. The van der Waals surface area contributed by atoms with Crippen LogP contribution in [0.4, 0.5) is 0 Å². The third kappa shape index (κ3) is 3.65. The van der Waals surface area contributed by atoms with Gasteiger partial charge in [0.15, 0.2) is 6.10 Å². The second kappa shape index (κ2) is 6.78. The van der Waals surface area contributed by atoms with E-state index in [4.69, 9.17) is 22.1 Å². The van der Waals surface area contributed by atoms with Crippen LogP contribution in [0.3, 0.4) is 0 Å². The first kappa shape index (κ1) is 15.6. The summed E-state index contributed by atoms with van der Waals surface area (Å²) in [7, 11) is 0. The zero-order valence-electron chi connectivity index (χ0n) is 11.3. The van der Waals surface area contributed by atoms with Gasteiger partial charge in [-0.05, 0) is 59.9 Å². The molecule has 0 saturated carbocycles. The molecule has 1 aromatic rings. The van der Waals surface area contributed by atoms with E-state index in [-0.39, 0.29) is 5.91 Å². The molecule has 1 aliphatic rings. The van der Waals surface area contributed by atoms with Crippen molar-refractivity contribution in [3.8, 4) is 5.75 Å². The lowest BCUT2D eigenvalue weighted by atomic mass is 10.1. The number of halogens is 2. The normalized spacial score (nSPS) is 20.0. The molecule has 6 heteroatoms. The number of ether oxygens (including phenoxy) is 1. The summed E-state index contributed by atoms with van der Waals surface area (Å²) < 4.78 is 6.46. The Bertz CT molecular complexity index is 498. The molecule has 0 aliphatic carbocycles. The van der Waals surface area contributed by atoms with E-state index in [1.165, 1.54) is 0 Å². The number of benzene rings is 1. The number of rotatable bonds is 4. The van der Waals surface area contributed by atoms with E-state index in [0.29, 0.717) is 23.2 Å². The van der Waals surface area contributed by atoms with E-state index in [0.717, 1.165) is 24.0 Å². The molecular formula is C14H18BrClN2O2. The van der Waals surface area contributed by atoms with Crippen molar-refractivity contribution >= 4 is 33.4 Å². The van der Waals surface area contributed by atoms with E-state index < -0.39 is 6.10 Å². The minimum Gasteiger partial charge on any atom is -0.480 e. The second-order valence-corrected chi connectivity index (χ2v) is 6.30. The molecule has 0 aromatic heterocycles. The van der Waals surface area contributed by atoms with Gasteiger partial charge in [-0.15, -0.1) is 0 Å². The minimum absolute atomic E-state index is 0.00259. The number of nitrogens with zero attached hydrogens (tertiary/aromatic N) is 1. The number of hydrogen-bond donors (Lipinski definition) is 1. The smallest absolute Gasteiger partial charge is 0.263 e. The van der Waals surface area contributed by atoms with E-state index >= 15 is 0 Å². The Morgan fingerprint density at radius 3 is 3.00 bits per heavy atom. The molecule has 110 valence electrons. The number of nitrogens with two attached hydrogens (primary N) is 1. The van der Waals surface area contributed by atoms with Gasteiger partial charge < -0.3 is 15.4 Å². The third-order valence-electron chi connectivity index (χ3n) is 3.48. The van der Waals surface area contributed by atoms with Gasteiger partial charge >= 0.3 is 0 Å². The van der Waals surface area contributed by atoms with E-state index in [2.05, 4.69) is 15.9 Å². The fourth-order valence-electron chi connectivity index (χ4n) is 2.29. The van der Waals surface area contributed by atoms with Crippen LogP contribution in [0.25, 0.3) is 0 Å². The Balaban J connectivity index is 1.97. The van der Waals surface area contributed by atoms with Crippen LogP contribution in [0.15, 0.2) is 22.7 Å². The molecule has 1 aliphatic heterocycles. The Morgan fingerprint density at radius 1 is 1.65 bits per heavy atom. The highest BCUT2D eigenvalue weighted by Crippen LogP contribution is 2.29. The molecule has 0 unspecified atom stereocenters. The number of carbonyl (C=O) groups is 1. The van der Waals surface area contributed by atoms with Crippen molar-refractivity contribution in [2.45, 2.75) is 19.4 Å². The van der Waals surface area contributed by atoms with Crippen LogP contribution < -0.4 is 10.5 Å². The molecule has 0 radical (unpaired) electrons. The summed E-state index contributed by atoms with van der Waals surface area (Å²) in [6.45, 7) is 3.88. The third-order valence-corrected chi connectivity index (χ3v) is 4.33. The topological polar surface area (TPSA) is 55.6 Å². The highest BCUT2D eigenvalue weighted by Gasteiger charge is 2.29. The van der Waals surface area contributed by atoms with Gasteiger partial charge in [-0.3, -0.25) is 4.79 Å². The van der Waals surface area contributed by atoms with E-state index in [9.17, 15) is 4.79 Å². The largest absolute Gasteiger partial charge is 0.480 e. The van der Waals surface area contributed by atoms with Gasteiger partial charge in [0.25, 0.3) is 5.91 Å². The monoisotopic (exact) mass is 360 g/mol. The summed E-state index contributed by atoms with van der Waals surface area (Å²) in [6, 6.07) is 5.23. The first-order chi connectivity index (χ1) is 9.51. The molecule has 1 saturated heterocycles. The number of amides is 1.